The highest BCUT2D eigenvalue weighted by atomic mass is 16.7. The number of pyridine rings is 1. The van der Waals surface area contributed by atoms with Crippen LogP contribution in [0.3, 0.4) is 0 Å². The molecule has 0 spiro atoms. The van der Waals surface area contributed by atoms with E-state index in [-0.39, 0.29) is 11.6 Å². The Morgan fingerprint density at radius 2 is 1.81 bits per heavy atom. The summed E-state index contributed by atoms with van der Waals surface area (Å²) in [5, 5.41) is 14.3. The van der Waals surface area contributed by atoms with Gasteiger partial charge in [0.2, 0.25) is 6.79 Å². The molecule has 9 heteroatoms. The van der Waals surface area contributed by atoms with Crippen molar-refractivity contribution in [3.8, 4) is 11.5 Å². The SMILES string of the molecule is CCC(C)(C)n1nnnc1[C@H](c1ccc2ncccc2c1)N1CCN(Cc2ccc3c(c2)OCO3)CC1. The number of hydrogen-bond acceptors (Lipinski definition) is 8. The minimum absolute atomic E-state index is 0.0434. The molecule has 2 aromatic heterocycles. The molecular weight excluding hydrogens is 466 g/mol. The molecule has 0 unspecified atom stereocenters. The van der Waals surface area contributed by atoms with Gasteiger partial charge in [-0.05, 0) is 72.2 Å². The van der Waals surface area contributed by atoms with Gasteiger partial charge in [-0.3, -0.25) is 14.8 Å². The van der Waals surface area contributed by atoms with Crippen molar-refractivity contribution < 1.29 is 9.47 Å². The van der Waals surface area contributed by atoms with E-state index in [0.29, 0.717) is 6.79 Å². The lowest BCUT2D eigenvalue weighted by Crippen LogP contribution is -2.48. The van der Waals surface area contributed by atoms with Crippen LogP contribution in [0.5, 0.6) is 11.5 Å². The molecule has 4 heterocycles. The summed E-state index contributed by atoms with van der Waals surface area (Å²) in [5.41, 5.74) is 3.24. The van der Waals surface area contributed by atoms with Crippen molar-refractivity contribution in [1.82, 2.24) is 35.0 Å². The molecule has 0 bridgehead atoms. The first-order valence-corrected chi connectivity index (χ1v) is 13.0. The van der Waals surface area contributed by atoms with E-state index in [4.69, 9.17) is 9.47 Å². The van der Waals surface area contributed by atoms with Crippen LogP contribution in [-0.2, 0) is 12.1 Å². The molecule has 0 saturated carbocycles. The number of aromatic nitrogens is 5. The second-order valence-corrected chi connectivity index (χ2v) is 10.5. The summed E-state index contributed by atoms with van der Waals surface area (Å²) < 4.78 is 13.1. The van der Waals surface area contributed by atoms with Gasteiger partial charge < -0.3 is 9.47 Å². The zero-order valence-corrected chi connectivity index (χ0v) is 21.7. The molecule has 2 aliphatic rings. The highest BCUT2D eigenvalue weighted by Gasteiger charge is 2.34. The number of hydrogen-bond donors (Lipinski definition) is 0. The van der Waals surface area contributed by atoms with E-state index in [1.165, 1.54) is 11.1 Å². The molecule has 0 aliphatic carbocycles. The van der Waals surface area contributed by atoms with Gasteiger partial charge in [0, 0.05) is 44.3 Å². The van der Waals surface area contributed by atoms with Gasteiger partial charge in [0.05, 0.1) is 17.1 Å². The van der Waals surface area contributed by atoms with Crippen LogP contribution in [0.4, 0.5) is 0 Å². The zero-order chi connectivity index (χ0) is 25.4. The highest BCUT2D eigenvalue weighted by Crippen LogP contribution is 2.34. The molecule has 1 atom stereocenters. The second kappa shape index (κ2) is 9.72. The molecule has 192 valence electrons. The predicted molar refractivity (Wildman–Crippen MR) is 140 cm³/mol. The average molecular weight is 500 g/mol. The van der Waals surface area contributed by atoms with E-state index in [9.17, 15) is 0 Å². The summed E-state index contributed by atoms with van der Waals surface area (Å²) in [6.07, 6.45) is 2.77. The molecule has 0 amide bonds. The van der Waals surface area contributed by atoms with Gasteiger partial charge in [-0.1, -0.05) is 25.1 Å². The Kier molecular flexibility index (Phi) is 6.26. The minimum atomic E-state index is -0.184. The van der Waals surface area contributed by atoms with Crippen LogP contribution < -0.4 is 9.47 Å². The third-order valence-electron chi connectivity index (χ3n) is 7.73. The van der Waals surface area contributed by atoms with E-state index in [1.54, 1.807) is 0 Å². The van der Waals surface area contributed by atoms with Gasteiger partial charge in [0.1, 0.15) is 0 Å². The van der Waals surface area contributed by atoms with Crippen molar-refractivity contribution in [2.45, 2.75) is 45.3 Å². The number of fused-ring (bicyclic) bond motifs is 2. The Morgan fingerprint density at radius 3 is 2.65 bits per heavy atom. The van der Waals surface area contributed by atoms with Gasteiger partial charge in [-0.2, -0.15) is 0 Å². The molecule has 0 N–H and O–H groups in total. The number of rotatable bonds is 7. The molecular formula is C28H33N7O2. The number of piperazine rings is 1. The van der Waals surface area contributed by atoms with Gasteiger partial charge in [0.25, 0.3) is 0 Å². The van der Waals surface area contributed by atoms with Crippen molar-refractivity contribution in [1.29, 1.82) is 0 Å². The van der Waals surface area contributed by atoms with Crippen LogP contribution in [0.25, 0.3) is 10.9 Å². The average Bonchev–Trinajstić information content (AvgIpc) is 3.60. The first-order chi connectivity index (χ1) is 18.0. The van der Waals surface area contributed by atoms with Gasteiger partial charge in [-0.15, -0.1) is 5.10 Å². The minimum Gasteiger partial charge on any atom is -0.454 e. The second-order valence-electron chi connectivity index (χ2n) is 10.5. The van der Waals surface area contributed by atoms with E-state index in [0.717, 1.165) is 67.4 Å². The largest absolute Gasteiger partial charge is 0.454 e. The number of benzene rings is 2. The fourth-order valence-electron chi connectivity index (χ4n) is 5.21. The van der Waals surface area contributed by atoms with Gasteiger partial charge in [-0.25, -0.2) is 4.68 Å². The van der Waals surface area contributed by atoms with Crippen molar-refractivity contribution in [3.63, 3.8) is 0 Å². The molecule has 9 nitrogen and oxygen atoms in total. The maximum Gasteiger partial charge on any atom is 0.231 e. The molecule has 4 aromatic rings. The third kappa shape index (κ3) is 4.65. The monoisotopic (exact) mass is 499 g/mol. The van der Waals surface area contributed by atoms with Crippen molar-refractivity contribution >= 4 is 10.9 Å². The fourth-order valence-corrected chi connectivity index (χ4v) is 5.21. The van der Waals surface area contributed by atoms with Gasteiger partial charge >= 0.3 is 0 Å². The molecule has 0 radical (unpaired) electrons. The summed E-state index contributed by atoms with van der Waals surface area (Å²) in [6, 6.07) is 16.8. The standard InChI is InChI=1S/C28H33N7O2/c1-4-28(2,3)35-27(30-31-32-35)26(22-8-9-23-21(17-22)6-5-11-29-23)34-14-12-33(13-15-34)18-20-7-10-24-25(16-20)37-19-36-24/h5-11,16-17,26H,4,12-15,18-19H2,1-3H3/t26-/m0/s1. The first-order valence-electron chi connectivity index (χ1n) is 13.0. The lowest BCUT2D eigenvalue weighted by atomic mass is 9.98. The summed E-state index contributed by atoms with van der Waals surface area (Å²) >= 11 is 0. The maximum absolute atomic E-state index is 5.57. The van der Waals surface area contributed by atoms with Crippen molar-refractivity contribution in [2.75, 3.05) is 33.0 Å². The van der Waals surface area contributed by atoms with Crippen molar-refractivity contribution in [3.05, 3.63) is 71.7 Å². The Morgan fingerprint density at radius 1 is 0.973 bits per heavy atom. The molecule has 2 aliphatic heterocycles. The zero-order valence-electron chi connectivity index (χ0n) is 21.7. The Bertz CT molecular complexity index is 1390. The quantitative estimate of drug-likeness (QED) is 0.377. The third-order valence-corrected chi connectivity index (χ3v) is 7.73. The number of tetrazole rings is 1. The van der Waals surface area contributed by atoms with E-state index >= 15 is 0 Å². The molecule has 2 aromatic carbocycles. The molecule has 6 rings (SSSR count). The normalized spacial score (nSPS) is 17.4. The van der Waals surface area contributed by atoms with Crippen LogP contribution in [0, 0.1) is 0 Å². The maximum atomic E-state index is 5.57. The first kappa shape index (κ1) is 23.8. The van der Waals surface area contributed by atoms with E-state index in [2.05, 4.69) is 87.5 Å². The smallest absolute Gasteiger partial charge is 0.231 e. The van der Waals surface area contributed by atoms with Crippen LogP contribution >= 0.6 is 0 Å². The predicted octanol–water partition coefficient (Wildman–Crippen LogP) is 4.00. The summed E-state index contributed by atoms with van der Waals surface area (Å²) in [5.74, 6) is 2.56. The van der Waals surface area contributed by atoms with Crippen LogP contribution in [0.2, 0.25) is 0 Å². The molecule has 1 saturated heterocycles. The lowest BCUT2D eigenvalue weighted by Gasteiger charge is -2.39. The van der Waals surface area contributed by atoms with Crippen LogP contribution in [0.15, 0.2) is 54.7 Å². The Hall–Kier alpha value is -3.56. The Labute approximate surface area is 217 Å². The number of nitrogens with zero attached hydrogens (tertiary/aromatic N) is 7. The van der Waals surface area contributed by atoms with E-state index < -0.39 is 0 Å². The van der Waals surface area contributed by atoms with Crippen LogP contribution in [0.1, 0.15) is 50.2 Å². The molecule has 37 heavy (non-hydrogen) atoms. The summed E-state index contributed by atoms with van der Waals surface area (Å²) in [7, 11) is 0. The number of ether oxygens (including phenoxy) is 2. The van der Waals surface area contributed by atoms with Gasteiger partial charge in [0.15, 0.2) is 17.3 Å². The summed E-state index contributed by atoms with van der Waals surface area (Å²) in [6.45, 7) is 11.5. The van der Waals surface area contributed by atoms with E-state index in [1.807, 2.05) is 23.0 Å². The van der Waals surface area contributed by atoms with Crippen molar-refractivity contribution in [2.24, 2.45) is 0 Å². The molecule has 1 fully saturated rings. The summed E-state index contributed by atoms with van der Waals surface area (Å²) in [4.78, 5) is 9.53. The highest BCUT2D eigenvalue weighted by molar-refractivity contribution is 5.79. The lowest BCUT2D eigenvalue weighted by molar-refractivity contribution is 0.0973. The fraction of sp³-hybridized carbons (Fsp3) is 0.429. The van der Waals surface area contributed by atoms with Crippen LogP contribution in [-0.4, -0.2) is 68.0 Å². The topological polar surface area (TPSA) is 81.4 Å². The Balaban J connectivity index is 1.27.